The molecule has 4 heteroatoms. The molecular weight excluding hydrogens is 270 g/mol. The monoisotopic (exact) mass is 281 g/mol. The third-order valence-electron chi connectivity index (χ3n) is 3.00. The maximum atomic E-state index is 5.71. The Morgan fingerprint density at radius 3 is 3.12 bits per heavy atom. The van der Waals surface area contributed by atoms with E-state index < -0.39 is 0 Å². The average Bonchev–Trinajstić information content (AvgIpc) is 2.92. The topological polar surface area (TPSA) is 48.4 Å². The predicted octanol–water partition coefficient (Wildman–Crippen LogP) is 2.63. The molecule has 0 radical (unpaired) electrons. The van der Waals surface area contributed by atoms with Gasteiger partial charge >= 0.3 is 0 Å². The van der Waals surface area contributed by atoms with Crippen molar-refractivity contribution in [2.45, 2.75) is 12.8 Å². The van der Waals surface area contributed by atoms with Gasteiger partial charge in [-0.2, -0.15) is 0 Å². The van der Waals surface area contributed by atoms with E-state index >= 15 is 0 Å². The molecule has 16 heavy (non-hydrogen) atoms. The van der Waals surface area contributed by atoms with E-state index in [9.17, 15) is 0 Å². The number of fused-ring (bicyclic) bond motifs is 2. The van der Waals surface area contributed by atoms with Crippen LogP contribution in [0.2, 0.25) is 0 Å². The fraction of sp³-hybridized carbons (Fsp3) is 0.333. The Balaban J connectivity index is 2.36. The highest BCUT2D eigenvalue weighted by atomic mass is 79.9. The van der Waals surface area contributed by atoms with Gasteiger partial charge in [0.05, 0.1) is 17.3 Å². The van der Waals surface area contributed by atoms with Crippen LogP contribution in [0.4, 0.5) is 0 Å². The van der Waals surface area contributed by atoms with Gasteiger partial charge in [-0.05, 0) is 35.0 Å². The molecule has 0 unspecified atom stereocenters. The van der Waals surface area contributed by atoms with E-state index in [1.165, 1.54) is 11.1 Å². The van der Waals surface area contributed by atoms with E-state index in [-0.39, 0.29) is 0 Å². The van der Waals surface area contributed by atoms with Crippen molar-refractivity contribution in [3.8, 4) is 5.75 Å². The molecule has 2 heterocycles. The van der Waals surface area contributed by atoms with Gasteiger partial charge in [0.2, 0.25) is 0 Å². The van der Waals surface area contributed by atoms with Gasteiger partial charge in [0.25, 0.3) is 0 Å². The van der Waals surface area contributed by atoms with Crippen LogP contribution in [0.5, 0.6) is 5.75 Å². The van der Waals surface area contributed by atoms with Gasteiger partial charge in [-0.25, -0.2) is 0 Å². The van der Waals surface area contributed by atoms with Crippen LogP contribution in [-0.2, 0) is 12.8 Å². The molecule has 0 saturated carbocycles. The third kappa shape index (κ3) is 1.30. The van der Waals surface area contributed by atoms with Crippen molar-refractivity contribution in [1.82, 2.24) is 0 Å². The number of ether oxygens (including phenoxy) is 1. The lowest BCUT2D eigenvalue weighted by Crippen LogP contribution is -2.04. The summed E-state index contributed by atoms with van der Waals surface area (Å²) in [6.07, 6.45) is 3.47. The van der Waals surface area contributed by atoms with E-state index in [4.69, 9.17) is 14.9 Å². The summed E-state index contributed by atoms with van der Waals surface area (Å²) in [5.41, 5.74) is 8.96. The molecule has 1 aromatic carbocycles. The Kier molecular flexibility index (Phi) is 2.41. The molecule has 2 aromatic rings. The molecule has 2 N–H and O–H groups in total. The van der Waals surface area contributed by atoms with E-state index in [0.717, 1.165) is 40.6 Å². The second kappa shape index (κ2) is 3.79. The number of hydrogen-bond acceptors (Lipinski definition) is 3. The third-order valence-corrected chi connectivity index (χ3v) is 3.83. The zero-order chi connectivity index (χ0) is 11.1. The summed E-state index contributed by atoms with van der Waals surface area (Å²) in [5.74, 6) is 1.01. The van der Waals surface area contributed by atoms with Crippen molar-refractivity contribution in [3.63, 3.8) is 0 Å². The van der Waals surface area contributed by atoms with Gasteiger partial charge in [-0.3, -0.25) is 0 Å². The minimum absolute atomic E-state index is 0.623. The van der Waals surface area contributed by atoms with Crippen LogP contribution >= 0.6 is 15.9 Å². The van der Waals surface area contributed by atoms with Crippen molar-refractivity contribution in [3.05, 3.63) is 27.9 Å². The smallest absolute Gasteiger partial charge is 0.148 e. The van der Waals surface area contributed by atoms with Crippen LogP contribution in [0, 0.1) is 0 Å². The zero-order valence-corrected chi connectivity index (χ0v) is 10.3. The van der Waals surface area contributed by atoms with Crippen molar-refractivity contribution in [1.29, 1.82) is 0 Å². The van der Waals surface area contributed by atoms with Crippen molar-refractivity contribution in [2.75, 3.05) is 13.2 Å². The van der Waals surface area contributed by atoms with Crippen LogP contribution in [0.15, 0.2) is 21.2 Å². The van der Waals surface area contributed by atoms with Crippen LogP contribution in [0.1, 0.15) is 11.1 Å². The van der Waals surface area contributed by atoms with Gasteiger partial charge in [0, 0.05) is 22.9 Å². The van der Waals surface area contributed by atoms with E-state index in [2.05, 4.69) is 15.9 Å². The number of nitrogens with two attached hydrogens (primary N) is 1. The summed E-state index contributed by atoms with van der Waals surface area (Å²) in [6, 6.07) is 1.98. The van der Waals surface area contributed by atoms with Gasteiger partial charge in [0.1, 0.15) is 11.3 Å². The quantitative estimate of drug-likeness (QED) is 0.921. The Morgan fingerprint density at radius 2 is 2.31 bits per heavy atom. The van der Waals surface area contributed by atoms with Crippen molar-refractivity contribution < 1.29 is 9.15 Å². The lowest BCUT2D eigenvalue weighted by Gasteiger charge is -2.10. The first kappa shape index (κ1) is 10.2. The lowest BCUT2D eigenvalue weighted by atomic mass is 10.0. The van der Waals surface area contributed by atoms with Crippen LogP contribution in [0.3, 0.4) is 0 Å². The van der Waals surface area contributed by atoms with E-state index in [1.54, 1.807) is 6.26 Å². The molecule has 84 valence electrons. The highest BCUT2D eigenvalue weighted by molar-refractivity contribution is 9.10. The molecule has 3 rings (SSSR count). The summed E-state index contributed by atoms with van der Waals surface area (Å²) in [4.78, 5) is 0. The summed E-state index contributed by atoms with van der Waals surface area (Å²) in [6.45, 7) is 1.37. The zero-order valence-electron chi connectivity index (χ0n) is 8.75. The number of benzene rings is 1. The normalized spacial score (nSPS) is 14.1. The summed E-state index contributed by atoms with van der Waals surface area (Å²) < 4.78 is 12.3. The maximum absolute atomic E-state index is 5.71. The first-order valence-electron chi connectivity index (χ1n) is 5.36. The molecule has 3 nitrogen and oxygen atoms in total. The molecule has 0 fully saturated rings. The number of hydrogen-bond donors (Lipinski definition) is 1. The largest absolute Gasteiger partial charge is 0.493 e. The number of furan rings is 1. The molecular formula is C12H12BrNO2. The lowest BCUT2D eigenvalue weighted by molar-refractivity contribution is 0.354. The van der Waals surface area contributed by atoms with E-state index in [0.29, 0.717) is 6.54 Å². The number of halogens is 1. The van der Waals surface area contributed by atoms with Crippen molar-refractivity contribution >= 4 is 26.9 Å². The molecule has 1 aromatic heterocycles. The fourth-order valence-electron chi connectivity index (χ4n) is 2.30. The first-order chi connectivity index (χ1) is 7.83. The van der Waals surface area contributed by atoms with Gasteiger partial charge in [0.15, 0.2) is 0 Å². The van der Waals surface area contributed by atoms with Gasteiger partial charge in [-0.1, -0.05) is 0 Å². The summed E-state index contributed by atoms with van der Waals surface area (Å²) in [5, 5.41) is 1.11. The summed E-state index contributed by atoms with van der Waals surface area (Å²) >= 11 is 3.59. The Labute approximate surface area is 102 Å². The minimum Gasteiger partial charge on any atom is -0.493 e. The molecule has 0 amide bonds. The Morgan fingerprint density at radius 1 is 1.44 bits per heavy atom. The molecule has 0 bridgehead atoms. The Hall–Kier alpha value is -1.00. The second-order valence-electron chi connectivity index (χ2n) is 3.90. The van der Waals surface area contributed by atoms with Crippen LogP contribution in [0.25, 0.3) is 11.0 Å². The van der Waals surface area contributed by atoms with Gasteiger partial charge in [-0.15, -0.1) is 0 Å². The molecule has 0 saturated heterocycles. The molecule has 0 spiro atoms. The van der Waals surface area contributed by atoms with Crippen LogP contribution in [-0.4, -0.2) is 13.2 Å². The first-order valence-corrected chi connectivity index (χ1v) is 6.15. The molecule has 0 aliphatic carbocycles. The average molecular weight is 282 g/mol. The Bertz CT molecular complexity index is 547. The second-order valence-corrected chi connectivity index (χ2v) is 4.69. The highest BCUT2D eigenvalue weighted by Gasteiger charge is 2.24. The molecule has 1 aliphatic heterocycles. The molecule has 0 atom stereocenters. The minimum atomic E-state index is 0.623. The SMILES string of the molecule is NCCc1c2c(c(Br)c3occc13)CCO2. The maximum Gasteiger partial charge on any atom is 0.148 e. The predicted molar refractivity (Wildman–Crippen MR) is 65.9 cm³/mol. The highest BCUT2D eigenvalue weighted by Crippen LogP contribution is 2.42. The fourth-order valence-corrected chi connectivity index (χ4v) is 2.99. The standard InChI is InChI=1S/C12H12BrNO2/c13-10-9-3-6-15-11(9)7(1-4-14)8-2-5-16-12(8)10/h2,5H,1,3-4,6,14H2. The summed E-state index contributed by atoms with van der Waals surface area (Å²) in [7, 11) is 0. The van der Waals surface area contributed by atoms with Crippen molar-refractivity contribution in [2.24, 2.45) is 5.73 Å². The van der Waals surface area contributed by atoms with E-state index in [1.807, 2.05) is 6.07 Å². The van der Waals surface area contributed by atoms with Crippen LogP contribution < -0.4 is 10.5 Å². The van der Waals surface area contributed by atoms with Gasteiger partial charge < -0.3 is 14.9 Å². The number of rotatable bonds is 2. The molecule has 1 aliphatic rings.